The zero-order chi connectivity index (χ0) is 44.0. The second-order valence-electron chi connectivity index (χ2n) is 15.5. The maximum absolute atomic E-state index is 13.4. The molecule has 10 heteroatoms. The van der Waals surface area contributed by atoms with E-state index in [1.165, 1.54) is 48.5 Å². The number of phenols is 2. The highest BCUT2D eigenvalue weighted by Gasteiger charge is 2.26. The van der Waals surface area contributed by atoms with Gasteiger partial charge in [-0.3, -0.25) is 0 Å². The summed E-state index contributed by atoms with van der Waals surface area (Å²) in [6, 6.07) is 46.0. The van der Waals surface area contributed by atoms with Crippen LogP contribution in [0.25, 0.3) is 0 Å². The number of hydrogen-bond donors (Lipinski definition) is 2. The number of aromatic hydroxyl groups is 2. The highest BCUT2D eigenvalue weighted by molar-refractivity contribution is 6.00. The largest absolute Gasteiger partial charge is 0.508 e. The summed E-state index contributed by atoms with van der Waals surface area (Å²) < 4.78 is 22.6. The van der Waals surface area contributed by atoms with Crippen LogP contribution in [0.3, 0.4) is 0 Å². The van der Waals surface area contributed by atoms with Crippen LogP contribution >= 0.6 is 0 Å². The lowest BCUT2D eigenvalue weighted by atomic mass is 9.78. The Balaban J connectivity index is 0.990. The Morgan fingerprint density at radius 1 is 0.371 bits per heavy atom. The van der Waals surface area contributed by atoms with Crippen LogP contribution in [0.5, 0.6) is 34.5 Å². The molecule has 10 nitrogen and oxygen atoms in total. The first-order valence-corrected chi connectivity index (χ1v) is 19.7. The minimum absolute atomic E-state index is 0.000756. The summed E-state index contributed by atoms with van der Waals surface area (Å²) in [5.74, 6) is -2.37. The van der Waals surface area contributed by atoms with Crippen molar-refractivity contribution in [3.8, 4) is 34.5 Å². The van der Waals surface area contributed by atoms with Crippen molar-refractivity contribution in [1.29, 1.82) is 0 Å². The second-order valence-corrected chi connectivity index (χ2v) is 15.5. The van der Waals surface area contributed by atoms with E-state index < -0.39 is 34.7 Å². The van der Waals surface area contributed by atoms with Crippen LogP contribution in [0.15, 0.2) is 170 Å². The normalized spacial score (nSPS) is 11.3. The van der Waals surface area contributed by atoms with Gasteiger partial charge in [0.15, 0.2) is 0 Å². The van der Waals surface area contributed by atoms with E-state index in [-0.39, 0.29) is 56.8 Å². The van der Waals surface area contributed by atoms with Crippen molar-refractivity contribution in [2.75, 3.05) is 0 Å². The van der Waals surface area contributed by atoms with E-state index in [2.05, 4.69) is 0 Å². The first-order valence-electron chi connectivity index (χ1n) is 19.7. The molecule has 0 radical (unpaired) electrons. The van der Waals surface area contributed by atoms with Crippen LogP contribution in [-0.4, -0.2) is 34.1 Å². The Labute approximate surface area is 358 Å². The number of ether oxygens (including phenoxy) is 4. The van der Waals surface area contributed by atoms with Gasteiger partial charge in [-0.1, -0.05) is 107 Å². The summed E-state index contributed by atoms with van der Waals surface area (Å²) in [5, 5.41) is 19.4. The third kappa shape index (κ3) is 9.40. The first-order chi connectivity index (χ1) is 29.7. The number of esters is 4. The van der Waals surface area contributed by atoms with Crippen molar-refractivity contribution in [2.45, 2.75) is 38.5 Å². The van der Waals surface area contributed by atoms with Crippen LogP contribution < -0.4 is 18.9 Å². The lowest BCUT2D eigenvalue weighted by Gasteiger charge is -2.26. The Morgan fingerprint density at radius 3 is 1.05 bits per heavy atom. The van der Waals surface area contributed by atoms with E-state index in [9.17, 15) is 29.4 Å². The van der Waals surface area contributed by atoms with Crippen molar-refractivity contribution in [2.24, 2.45) is 0 Å². The summed E-state index contributed by atoms with van der Waals surface area (Å²) >= 11 is 0. The van der Waals surface area contributed by atoms with Crippen LogP contribution in [0.2, 0.25) is 0 Å². The molecule has 7 rings (SSSR count). The van der Waals surface area contributed by atoms with Gasteiger partial charge in [-0.2, -0.15) is 0 Å². The Kier molecular flexibility index (Phi) is 12.0. The van der Waals surface area contributed by atoms with Crippen molar-refractivity contribution >= 4 is 23.9 Å². The van der Waals surface area contributed by atoms with E-state index >= 15 is 0 Å². The van der Waals surface area contributed by atoms with Crippen LogP contribution in [-0.2, 0) is 10.8 Å². The maximum Gasteiger partial charge on any atom is 0.347 e. The molecule has 0 saturated heterocycles. The number of para-hydroxylation sites is 2. The van der Waals surface area contributed by atoms with Crippen molar-refractivity contribution in [1.82, 2.24) is 0 Å². The van der Waals surface area contributed by atoms with Gasteiger partial charge in [0, 0.05) is 10.8 Å². The summed E-state index contributed by atoms with van der Waals surface area (Å²) in [4.78, 5) is 53.5. The van der Waals surface area contributed by atoms with Crippen molar-refractivity contribution < 1.29 is 48.3 Å². The molecule has 0 amide bonds. The molecule has 310 valence electrons. The van der Waals surface area contributed by atoms with Gasteiger partial charge in [0.25, 0.3) is 0 Å². The fourth-order valence-corrected chi connectivity index (χ4v) is 6.83. The summed E-state index contributed by atoms with van der Waals surface area (Å²) in [5.41, 5.74) is 3.12. The van der Waals surface area contributed by atoms with Crippen LogP contribution in [0.4, 0.5) is 0 Å². The predicted molar refractivity (Wildman–Crippen MR) is 233 cm³/mol. The molecule has 0 atom stereocenters. The number of benzene rings is 7. The lowest BCUT2D eigenvalue weighted by Crippen LogP contribution is -2.19. The van der Waals surface area contributed by atoms with Gasteiger partial charge in [0.1, 0.15) is 45.6 Å². The quantitative estimate of drug-likeness (QED) is 0.0901. The van der Waals surface area contributed by atoms with Gasteiger partial charge in [-0.15, -0.1) is 0 Å². The molecule has 0 unspecified atom stereocenters. The zero-order valence-corrected chi connectivity index (χ0v) is 34.3. The molecule has 0 saturated carbocycles. The Morgan fingerprint density at radius 2 is 0.694 bits per heavy atom. The monoisotopic (exact) mass is 826 g/mol. The van der Waals surface area contributed by atoms with E-state index in [4.69, 9.17) is 18.9 Å². The zero-order valence-electron chi connectivity index (χ0n) is 34.3. The summed E-state index contributed by atoms with van der Waals surface area (Å²) in [6.45, 7) is 8.19. The minimum atomic E-state index is -0.845. The molecule has 0 aromatic heterocycles. The molecule has 2 N–H and O–H groups in total. The van der Waals surface area contributed by atoms with Gasteiger partial charge in [-0.25, -0.2) is 19.2 Å². The highest BCUT2D eigenvalue weighted by atomic mass is 16.6. The molecule has 7 aromatic rings. The van der Waals surface area contributed by atoms with Gasteiger partial charge in [0.2, 0.25) is 0 Å². The van der Waals surface area contributed by atoms with Gasteiger partial charge in [-0.05, 0) is 113 Å². The van der Waals surface area contributed by atoms with Crippen molar-refractivity contribution in [3.63, 3.8) is 0 Å². The molecule has 0 spiro atoms. The molecule has 0 aliphatic rings. The Hall–Kier alpha value is -7.98. The fourth-order valence-electron chi connectivity index (χ4n) is 6.83. The van der Waals surface area contributed by atoms with Crippen molar-refractivity contribution in [3.05, 3.63) is 214 Å². The number of hydrogen-bond acceptors (Lipinski definition) is 10. The predicted octanol–water partition coefficient (Wildman–Crippen LogP) is 10.6. The second kappa shape index (κ2) is 17.7. The summed E-state index contributed by atoms with van der Waals surface area (Å²) in [6.07, 6.45) is 0. The Bertz CT molecular complexity index is 2560. The molecule has 0 bridgehead atoms. The number of carbonyl (C=O) groups is 4. The van der Waals surface area contributed by atoms with Crippen LogP contribution in [0.1, 0.15) is 91.4 Å². The lowest BCUT2D eigenvalue weighted by molar-refractivity contribution is 0.0692. The molecule has 62 heavy (non-hydrogen) atoms. The molecule has 7 aromatic carbocycles. The number of rotatable bonds is 12. The fraction of sp³-hybridized carbons (Fsp3) is 0.115. The molecule has 0 aliphatic carbocycles. The van der Waals surface area contributed by atoms with E-state index in [1.54, 1.807) is 72.8 Å². The average Bonchev–Trinajstić information content (AvgIpc) is 3.27. The third-order valence-corrected chi connectivity index (χ3v) is 10.7. The molecule has 0 fully saturated rings. The minimum Gasteiger partial charge on any atom is -0.508 e. The topological polar surface area (TPSA) is 146 Å². The molecular formula is C52H42O10. The summed E-state index contributed by atoms with van der Waals surface area (Å²) in [7, 11) is 0. The molecule has 0 heterocycles. The number of phenolic OH excluding ortho intramolecular Hbond substituents is 2. The average molecular weight is 827 g/mol. The standard InChI is InChI=1S/C52H42O10/c1-51(2,35-16-24-39(53)25-17-35)37-20-28-41(29-21-37)59-49(57)43-12-5-7-14-45(43)61-47(55)33-10-9-11-34(32-33)48(56)62-46-15-8-6-13-44(46)50(58)60-42-30-22-38(23-31-42)52(3,4)36-18-26-40(54)27-19-36/h5-32,53-54H,1-4H3. The molecular weight excluding hydrogens is 785 g/mol. The number of carbonyl (C=O) groups excluding carboxylic acids is 4. The van der Waals surface area contributed by atoms with E-state index in [0.717, 1.165) is 22.3 Å². The maximum atomic E-state index is 13.4. The van der Waals surface area contributed by atoms with Gasteiger partial charge in [0.05, 0.1) is 11.1 Å². The van der Waals surface area contributed by atoms with Crippen LogP contribution in [0, 0.1) is 0 Å². The highest BCUT2D eigenvalue weighted by Crippen LogP contribution is 2.35. The first kappa shape index (κ1) is 42.2. The third-order valence-electron chi connectivity index (χ3n) is 10.7. The van der Waals surface area contributed by atoms with Gasteiger partial charge < -0.3 is 29.2 Å². The smallest absolute Gasteiger partial charge is 0.347 e. The molecule has 0 aliphatic heterocycles. The van der Waals surface area contributed by atoms with Gasteiger partial charge >= 0.3 is 23.9 Å². The van der Waals surface area contributed by atoms with E-state index in [1.807, 2.05) is 76.2 Å². The van der Waals surface area contributed by atoms with E-state index in [0.29, 0.717) is 0 Å². The SMILES string of the molecule is CC(C)(c1ccc(O)cc1)c1ccc(OC(=O)c2ccccc2OC(=O)c2cccc(C(=O)Oc3ccccc3C(=O)Oc3ccc(C(C)(C)c4ccc(O)cc4)cc3)c2)cc1.